The summed E-state index contributed by atoms with van der Waals surface area (Å²) in [6.45, 7) is 9.38. The molecule has 1 aromatic carbocycles. The van der Waals surface area contributed by atoms with Crippen molar-refractivity contribution < 1.29 is 14.7 Å². The number of carboxylic acids is 1. The molecule has 1 unspecified atom stereocenters. The van der Waals surface area contributed by atoms with Crippen LogP contribution in [-0.4, -0.2) is 17.0 Å². The van der Waals surface area contributed by atoms with Crippen molar-refractivity contribution in [3.63, 3.8) is 0 Å². The number of aliphatic carboxylic acids is 1. The molecule has 4 nitrogen and oxygen atoms in total. The normalized spacial score (nSPS) is 13.0. The summed E-state index contributed by atoms with van der Waals surface area (Å²) >= 11 is 0. The van der Waals surface area contributed by atoms with Gasteiger partial charge in [0, 0.05) is 6.42 Å². The molecule has 22 heavy (non-hydrogen) atoms. The van der Waals surface area contributed by atoms with Gasteiger partial charge in [-0.3, -0.25) is 9.59 Å². The number of nitrogens with one attached hydrogen (secondary N) is 1. The highest BCUT2D eigenvalue weighted by atomic mass is 16.4. The Hall–Kier alpha value is -1.84. The molecule has 122 valence electrons. The zero-order valence-electron chi connectivity index (χ0n) is 14.1. The molecule has 0 aliphatic rings. The van der Waals surface area contributed by atoms with E-state index in [-0.39, 0.29) is 18.4 Å². The Morgan fingerprint density at radius 1 is 1.14 bits per heavy atom. The first-order valence-corrected chi connectivity index (χ1v) is 7.73. The average Bonchev–Trinajstić information content (AvgIpc) is 2.37. The van der Waals surface area contributed by atoms with E-state index in [1.54, 1.807) is 13.8 Å². The topological polar surface area (TPSA) is 66.4 Å². The van der Waals surface area contributed by atoms with Crippen molar-refractivity contribution in [2.45, 2.75) is 53.5 Å². The fourth-order valence-corrected chi connectivity index (χ4v) is 2.27. The molecule has 0 heterocycles. The van der Waals surface area contributed by atoms with Crippen LogP contribution in [-0.2, 0) is 16.0 Å². The molecule has 0 aromatic heterocycles. The summed E-state index contributed by atoms with van der Waals surface area (Å²) in [5.74, 6) is -0.597. The minimum atomic E-state index is -1.05. The highest BCUT2D eigenvalue weighted by Crippen LogP contribution is 2.21. The van der Waals surface area contributed by atoms with Crippen LogP contribution >= 0.6 is 0 Å². The Morgan fingerprint density at radius 2 is 1.68 bits per heavy atom. The Kier molecular flexibility index (Phi) is 6.15. The van der Waals surface area contributed by atoms with Gasteiger partial charge in [-0.05, 0) is 44.2 Å². The van der Waals surface area contributed by atoms with E-state index in [2.05, 4.69) is 31.3 Å². The predicted octanol–water partition coefficient (Wildman–Crippen LogP) is 3.56. The first kappa shape index (κ1) is 18.2. The quantitative estimate of drug-likeness (QED) is 0.809. The summed E-state index contributed by atoms with van der Waals surface area (Å²) in [5, 5.41) is 11.9. The number of rotatable bonds is 7. The molecule has 0 saturated heterocycles. The van der Waals surface area contributed by atoms with Crippen LogP contribution in [0.15, 0.2) is 24.3 Å². The van der Waals surface area contributed by atoms with E-state index in [9.17, 15) is 9.59 Å². The molecule has 0 aliphatic carbocycles. The van der Waals surface area contributed by atoms with Crippen LogP contribution in [0.4, 0.5) is 0 Å². The van der Waals surface area contributed by atoms with Crippen molar-refractivity contribution >= 4 is 11.9 Å². The lowest BCUT2D eigenvalue weighted by Crippen LogP contribution is -2.34. The minimum absolute atomic E-state index is 0.0297. The molecular formula is C18H27NO3. The molecule has 0 fully saturated rings. The highest BCUT2D eigenvalue weighted by Gasteiger charge is 2.30. The van der Waals surface area contributed by atoms with Crippen LogP contribution in [0, 0.1) is 11.3 Å². The average molecular weight is 305 g/mol. The van der Waals surface area contributed by atoms with Gasteiger partial charge in [0.2, 0.25) is 5.91 Å². The summed E-state index contributed by atoms with van der Waals surface area (Å²) < 4.78 is 0. The largest absolute Gasteiger partial charge is 0.481 e. The van der Waals surface area contributed by atoms with Crippen molar-refractivity contribution in [3.05, 3.63) is 35.4 Å². The van der Waals surface area contributed by atoms with Crippen LogP contribution in [0.5, 0.6) is 0 Å². The zero-order valence-corrected chi connectivity index (χ0v) is 14.1. The Morgan fingerprint density at radius 3 is 2.14 bits per heavy atom. The second-order valence-corrected chi connectivity index (χ2v) is 6.99. The van der Waals surface area contributed by atoms with E-state index < -0.39 is 11.4 Å². The molecule has 1 aromatic rings. The third-order valence-corrected chi connectivity index (χ3v) is 3.68. The van der Waals surface area contributed by atoms with Gasteiger partial charge in [0.1, 0.15) is 0 Å². The monoisotopic (exact) mass is 305 g/mol. The van der Waals surface area contributed by atoms with Gasteiger partial charge in [-0.2, -0.15) is 0 Å². The number of carboxylic acid groups (broad SMARTS) is 1. The zero-order chi connectivity index (χ0) is 16.9. The Bertz CT molecular complexity index is 518. The number of carbonyl (C=O) groups excluding carboxylic acids is 1. The third kappa shape index (κ3) is 5.51. The van der Waals surface area contributed by atoms with Crippen molar-refractivity contribution in [2.24, 2.45) is 11.3 Å². The fraction of sp³-hybridized carbons (Fsp3) is 0.556. The van der Waals surface area contributed by atoms with Gasteiger partial charge in [-0.1, -0.05) is 38.1 Å². The van der Waals surface area contributed by atoms with Gasteiger partial charge in [0.25, 0.3) is 0 Å². The maximum Gasteiger partial charge on any atom is 0.309 e. The third-order valence-electron chi connectivity index (χ3n) is 3.68. The van der Waals surface area contributed by atoms with Crippen LogP contribution < -0.4 is 5.32 Å². The summed E-state index contributed by atoms with van der Waals surface area (Å²) in [6.07, 6.45) is 1.01. The maximum absolute atomic E-state index is 12.0. The van der Waals surface area contributed by atoms with E-state index in [1.165, 1.54) is 5.56 Å². The second-order valence-electron chi connectivity index (χ2n) is 6.99. The van der Waals surface area contributed by atoms with E-state index in [0.29, 0.717) is 5.92 Å². The van der Waals surface area contributed by atoms with Gasteiger partial charge < -0.3 is 10.4 Å². The van der Waals surface area contributed by atoms with Gasteiger partial charge in [0.15, 0.2) is 0 Å². The van der Waals surface area contributed by atoms with Gasteiger partial charge in [-0.15, -0.1) is 0 Å². The molecule has 0 bridgehead atoms. The smallest absolute Gasteiger partial charge is 0.309 e. The predicted molar refractivity (Wildman–Crippen MR) is 87.6 cm³/mol. The van der Waals surface area contributed by atoms with E-state index >= 15 is 0 Å². The summed E-state index contributed by atoms with van der Waals surface area (Å²) in [5.41, 5.74) is 1.25. The second kappa shape index (κ2) is 7.43. The molecule has 0 aliphatic heterocycles. The molecule has 0 spiro atoms. The van der Waals surface area contributed by atoms with Crippen molar-refractivity contribution in [1.82, 2.24) is 5.32 Å². The SMILES string of the molecule is CC(C)Cc1ccc(C(C)NC(=O)CC(C)(C)C(=O)O)cc1. The van der Waals surface area contributed by atoms with Gasteiger partial charge in [0.05, 0.1) is 11.5 Å². The highest BCUT2D eigenvalue weighted by molar-refractivity contribution is 5.84. The standard InChI is InChI=1S/C18H27NO3/c1-12(2)10-14-6-8-15(9-7-14)13(3)19-16(20)11-18(4,5)17(21)22/h6-9,12-13H,10-11H2,1-5H3,(H,19,20)(H,21,22). The molecule has 0 radical (unpaired) electrons. The molecule has 1 amide bonds. The number of carbonyl (C=O) groups is 2. The van der Waals surface area contributed by atoms with Gasteiger partial charge in [-0.25, -0.2) is 0 Å². The molecule has 1 rings (SSSR count). The lowest BCUT2D eigenvalue weighted by atomic mass is 9.89. The van der Waals surface area contributed by atoms with Crippen LogP contribution in [0.25, 0.3) is 0 Å². The van der Waals surface area contributed by atoms with Crippen LogP contribution in [0.2, 0.25) is 0 Å². The molecule has 4 heteroatoms. The molecule has 2 N–H and O–H groups in total. The van der Waals surface area contributed by atoms with E-state index in [0.717, 1.165) is 12.0 Å². The number of hydrogen-bond acceptors (Lipinski definition) is 2. The first-order valence-electron chi connectivity index (χ1n) is 7.73. The van der Waals surface area contributed by atoms with Crippen molar-refractivity contribution in [3.8, 4) is 0 Å². The Labute approximate surface area is 132 Å². The minimum Gasteiger partial charge on any atom is -0.481 e. The van der Waals surface area contributed by atoms with Gasteiger partial charge >= 0.3 is 5.97 Å². The fourth-order valence-electron chi connectivity index (χ4n) is 2.27. The summed E-state index contributed by atoms with van der Waals surface area (Å²) in [4.78, 5) is 23.0. The lowest BCUT2D eigenvalue weighted by Gasteiger charge is -2.21. The van der Waals surface area contributed by atoms with Crippen molar-refractivity contribution in [2.75, 3.05) is 0 Å². The molecular weight excluding hydrogens is 278 g/mol. The van der Waals surface area contributed by atoms with Crippen LogP contribution in [0.1, 0.15) is 58.2 Å². The molecule has 0 saturated carbocycles. The summed E-state index contributed by atoms with van der Waals surface area (Å²) in [7, 11) is 0. The lowest BCUT2D eigenvalue weighted by molar-refractivity contribution is -0.149. The maximum atomic E-state index is 12.0. The van der Waals surface area contributed by atoms with Crippen molar-refractivity contribution in [1.29, 1.82) is 0 Å². The number of hydrogen-bond donors (Lipinski definition) is 2. The number of benzene rings is 1. The van der Waals surface area contributed by atoms with E-state index in [1.807, 2.05) is 19.1 Å². The first-order chi connectivity index (χ1) is 10.1. The van der Waals surface area contributed by atoms with Crippen LogP contribution in [0.3, 0.4) is 0 Å². The summed E-state index contributed by atoms with van der Waals surface area (Å²) in [6, 6.07) is 8.07. The Balaban J connectivity index is 2.63. The number of amides is 1. The molecule has 1 atom stereocenters. The van der Waals surface area contributed by atoms with E-state index in [4.69, 9.17) is 5.11 Å².